The van der Waals surface area contributed by atoms with E-state index >= 15 is 0 Å². The molecule has 5 nitrogen and oxygen atoms in total. The van der Waals surface area contributed by atoms with E-state index in [4.69, 9.17) is 0 Å². The number of amides is 1. The Morgan fingerprint density at radius 1 is 0.903 bits per heavy atom. The molecule has 0 fully saturated rings. The number of para-hydroxylation sites is 1. The van der Waals surface area contributed by atoms with Gasteiger partial charge in [-0.3, -0.25) is 9.10 Å². The fraction of sp³-hybridized carbons (Fsp3) is 0.174. The van der Waals surface area contributed by atoms with E-state index in [9.17, 15) is 22.0 Å². The predicted octanol–water partition coefficient (Wildman–Crippen LogP) is 3.90. The van der Waals surface area contributed by atoms with E-state index in [-0.39, 0.29) is 24.0 Å². The van der Waals surface area contributed by atoms with Crippen LogP contribution in [0.2, 0.25) is 0 Å². The van der Waals surface area contributed by atoms with Crippen LogP contribution in [0.1, 0.15) is 21.5 Å². The molecule has 1 amide bonds. The number of carbonyl (C=O) groups excluding carboxylic acids is 1. The Morgan fingerprint density at radius 3 is 2.13 bits per heavy atom. The van der Waals surface area contributed by atoms with Gasteiger partial charge in [-0.05, 0) is 53.9 Å². The van der Waals surface area contributed by atoms with Gasteiger partial charge in [0.2, 0.25) is 10.0 Å². The van der Waals surface area contributed by atoms with Crippen molar-refractivity contribution in [2.75, 3.05) is 17.1 Å². The molecule has 0 spiro atoms. The Hall–Kier alpha value is -3.26. The zero-order valence-corrected chi connectivity index (χ0v) is 17.7. The van der Waals surface area contributed by atoms with Crippen molar-refractivity contribution in [3.63, 3.8) is 0 Å². The van der Waals surface area contributed by atoms with Gasteiger partial charge in [0.15, 0.2) is 0 Å². The fourth-order valence-corrected chi connectivity index (χ4v) is 3.92. The molecule has 1 N–H and O–H groups in total. The van der Waals surface area contributed by atoms with Crippen LogP contribution in [0, 0.1) is 11.6 Å². The van der Waals surface area contributed by atoms with Crippen LogP contribution in [0.4, 0.5) is 14.5 Å². The van der Waals surface area contributed by atoms with Crippen LogP contribution in [-0.2, 0) is 23.0 Å². The third-order valence-electron chi connectivity index (χ3n) is 4.68. The monoisotopic (exact) mass is 444 g/mol. The molecule has 8 heteroatoms. The summed E-state index contributed by atoms with van der Waals surface area (Å²) in [4.78, 5) is 12.3. The van der Waals surface area contributed by atoms with Gasteiger partial charge in [0, 0.05) is 12.1 Å². The number of rotatable bonds is 8. The minimum Gasteiger partial charge on any atom is -0.352 e. The summed E-state index contributed by atoms with van der Waals surface area (Å²) in [7, 11) is -3.72. The minimum atomic E-state index is -3.72. The highest BCUT2D eigenvalue weighted by Gasteiger charge is 2.21. The number of benzene rings is 3. The Morgan fingerprint density at radius 2 is 1.52 bits per heavy atom. The highest BCUT2D eigenvalue weighted by molar-refractivity contribution is 7.92. The molecule has 0 aliphatic rings. The lowest BCUT2D eigenvalue weighted by Gasteiger charge is -2.23. The number of hydrogen-bond donors (Lipinski definition) is 1. The lowest BCUT2D eigenvalue weighted by Crippen LogP contribution is -2.30. The summed E-state index contributed by atoms with van der Waals surface area (Å²) in [5.74, 6) is -1.22. The second-order valence-electron chi connectivity index (χ2n) is 7.05. The minimum absolute atomic E-state index is 0.0346. The molecular weight excluding hydrogens is 422 g/mol. The summed E-state index contributed by atoms with van der Waals surface area (Å²) in [6.07, 6.45) is 1.58. The number of halogens is 2. The van der Waals surface area contributed by atoms with Gasteiger partial charge in [-0.15, -0.1) is 0 Å². The van der Waals surface area contributed by atoms with E-state index in [2.05, 4.69) is 5.32 Å². The summed E-state index contributed by atoms with van der Waals surface area (Å²) in [6, 6.07) is 18.2. The molecule has 0 atom stereocenters. The summed E-state index contributed by atoms with van der Waals surface area (Å²) in [5.41, 5.74) is 1.90. The Labute approximate surface area is 180 Å². The number of carbonyl (C=O) groups is 1. The van der Waals surface area contributed by atoms with Gasteiger partial charge in [0.1, 0.15) is 11.6 Å². The molecule has 0 radical (unpaired) electrons. The first-order valence-electron chi connectivity index (χ1n) is 9.58. The summed E-state index contributed by atoms with van der Waals surface area (Å²) in [5, 5.41) is 2.79. The molecule has 3 rings (SSSR count). The number of nitrogens with one attached hydrogen (secondary N) is 1. The third kappa shape index (κ3) is 6.11. The number of hydrogen-bond acceptors (Lipinski definition) is 3. The molecule has 3 aromatic rings. The van der Waals surface area contributed by atoms with E-state index in [0.29, 0.717) is 24.1 Å². The van der Waals surface area contributed by atoms with Crippen LogP contribution < -0.4 is 9.62 Å². The first-order chi connectivity index (χ1) is 14.7. The van der Waals surface area contributed by atoms with Crippen molar-refractivity contribution < 1.29 is 22.0 Å². The zero-order valence-electron chi connectivity index (χ0n) is 16.9. The molecule has 0 saturated carbocycles. The number of nitrogens with zero attached hydrogens (tertiary/aromatic N) is 1. The maximum absolute atomic E-state index is 14.1. The first kappa shape index (κ1) is 22.4. The van der Waals surface area contributed by atoms with Gasteiger partial charge in [-0.1, -0.05) is 36.4 Å². The van der Waals surface area contributed by atoms with Crippen molar-refractivity contribution in [2.24, 2.45) is 0 Å². The average Bonchev–Trinajstić information content (AvgIpc) is 2.74. The molecule has 31 heavy (non-hydrogen) atoms. The molecule has 0 saturated heterocycles. The van der Waals surface area contributed by atoms with E-state index < -0.39 is 15.8 Å². The summed E-state index contributed by atoms with van der Waals surface area (Å²) < 4.78 is 52.4. The zero-order chi connectivity index (χ0) is 22.4. The smallest absolute Gasteiger partial charge is 0.251 e. The van der Waals surface area contributed by atoms with Crippen LogP contribution in [0.3, 0.4) is 0 Å². The molecule has 3 aromatic carbocycles. The van der Waals surface area contributed by atoms with Crippen LogP contribution in [0.5, 0.6) is 0 Å². The fourth-order valence-electron chi connectivity index (χ4n) is 3.04. The van der Waals surface area contributed by atoms with Crippen LogP contribution in [-0.4, -0.2) is 27.1 Å². The van der Waals surface area contributed by atoms with Crippen molar-refractivity contribution in [3.05, 3.63) is 101 Å². The van der Waals surface area contributed by atoms with Crippen molar-refractivity contribution in [1.29, 1.82) is 0 Å². The van der Waals surface area contributed by atoms with Crippen molar-refractivity contribution in [2.45, 2.75) is 13.0 Å². The molecule has 162 valence electrons. The highest BCUT2D eigenvalue weighted by atomic mass is 32.2. The maximum Gasteiger partial charge on any atom is 0.251 e. The average molecular weight is 445 g/mol. The van der Waals surface area contributed by atoms with Crippen LogP contribution >= 0.6 is 0 Å². The maximum atomic E-state index is 14.1. The van der Waals surface area contributed by atoms with Crippen molar-refractivity contribution in [3.8, 4) is 0 Å². The molecule has 0 aliphatic heterocycles. The van der Waals surface area contributed by atoms with E-state index in [1.807, 2.05) is 0 Å². The van der Waals surface area contributed by atoms with Gasteiger partial charge in [0.25, 0.3) is 5.91 Å². The van der Waals surface area contributed by atoms with E-state index in [0.717, 1.165) is 16.1 Å². The molecule has 0 unspecified atom stereocenters. The number of sulfonamides is 1. The van der Waals surface area contributed by atoms with Gasteiger partial charge in [0.05, 0.1) is 18.5 Å². The SMILES string of the molecule is CS(=O)(=O)N(Cc1ccc(C(=O)NCCc2ccc(F)cc2)cc1)c1ccccc1F. The first-order valence-corrected chi connectivity index (χ1v) is 11.4. The topological polar surface area (TPSA) is 66.5 Å². The molecule has 0 heterocycles. The number of anilines is 1. The predicted molar refractivity (Wildman–Crippen MR) is 116 cm³/mol. The summed E-state index contributed by atoms with van der Waals surface area (Å²) in [6.45, 7) is 0.327. The van der Waals surface area contributed by atoms with Crippen LogP contribution in [0.15, 0.2) is 72.8 Å². The highest BCUT2D eigenvalue weighted by Crippen LogP contribution is 2.23. The largest absolute Gasteiger partial charge is 0.352 e. The second kappa shape index (κ2) is 9.70. The van der Waals surface area contributed by atoms with Gasteiger partial charge >= 0.3 is 0 Å². The van der Waals surface area contributed by atoms with Crippen molar-refractivity contribution >= 4 is 21.6 Å². The molecule has 0 aromatic heterocycles. The third-order valence-corrected chi connectivity index (χ3v) is 5.80. The lowest BCUT2D eigenvalue weighted by atomic mass is 10.1. The second-order valence-corrected chi connectivity index (χ2v) is 8.96. The Bertz CT molecular complexity index is 1150. The van der Waals surface area contributed by atoms with Crippen LogP contribution in [0.25, 0.3) is 0 Å². The quantitative estimate of drug-likeness (QED) is 0.573. The normalized spacial score (nSPS) is 11.2. The molecule has 0 aliphatic carbocycles. The Kier molecular flexibility index (Phi) is 7.02. The van der Waals surface area contributed by atoms with E-state index in [1.54, 1.807) is 42.5 Å². The molecule has 0 bridgehead atoms. The van der Waals surface area contributed by atoms with Gasteiger partial charge in [-0.25, -0.2) is 17.2 Å². The lowest BCUT2D eigenvalue weighted by molar-refractivity contribution is 0.0954. The summed E-state index contributed by atoms with van der Waals surface area (Å²) >= 11 is 0. The van der Waals surface area contributed by atoms with Gasteiger partial charge in [-0.2, -0.15) is 0 Å². The van der Waals surface area contributed by atoms with Gasteiger partial charge < -0.3 is 5.32 Å². The molecular formula is C23H22F2N2O3S. The Balaban J connectivity index is 1.63. The standard InChI is InChI=1S/C23H22F2N2O3S/c1-31(29,30)27(22-5-3-2-4-21(22)25)16-18-6-10-19(11-7-18)23(28)26-15-14-17-8-12-20(24)13-9-17/h2-13H,14-16H2,1H3,(H,26,28). The van der Waals surface area contributed by atoms with Crippen molar-refractivity contribution in [1.82, 2.24) is 5.32 Å². The van der Waals surface area contributed by atoms with E-state index in [1.165, 1.54) is 30.3 Å².